The predicted molar refractivity (Wildman–Crippen MR) is 64.5 cm³/mol. The molecule has 88 valence electrons. The third kappa shape index (κ3) is 2.51. The highest BCUT2D eigenvalue weighted by Crippen LogP contribution is 2.24. The largest absolute Gasteiger partial charge is 0.388 e. The van der Waals surface area contributed by atoms with E-state index in [0.29, 0.717) is 6.54 Å². The van der Waals surface area contributed by atoms with Crippen LogP contribution < -0.4 is 10.2 Å². The van der Waals surface area contributed by atoms with Crippen molar-refractivity contribution in [3.63, 3.8) is 0 Å². The van der Waals surface area contributed by atoms with Gasteiger partial charge in [0.2, 0.25) is 0 Å². The Balaban J connectivity index is 2.05. The minimum Gasteiger partial charge on any atom is -0.388 e. The molecule has 0 radical (unpaired) electrons. The highest BCUT2D eigenvalue weighted by Gasteiger charge is 2.31. The summed E-state index contributed by atoms with van der Waals surface area (Å²) < 4.78 is 0. The number of aliphatic hydroxyl groups is 1. The van der Waals surface area contributed by atoms with Gasteiger partial charge in [-0.15, -0.1) is 0 Å². The highest BCUT2D eigenvalue weighted by molar-refractivity contribution is 5.41. The first kappa shape index (κ1) is 11.4. The Labute approximate surface area is 96.3 Å². The molecular weight excluding hydrogens is 202 g/mol. The molecular formula is C12H19N3O. The van der Waals surface area contributed by atoms with Gasteiger partial charge in [0.1, 0.15) is 5.82 Å². The van der Waals surface area contributed by atoms with Gasteiger partial charge in [-0.1, -0.05) is 6.07 Å². The lowest BCUT2D eigenvalue weighted by Gasteiger charge is -2.19. The minimum absolute atomic E-state index is 0.564. The zero-order chi connectivity index (χ0) is 11.6. The summed E-state index contributed by atoms with van der Waals surface area (Å²) in [6.07, 6.45) is 2.70. The van der Waals surface area contributed by atoms with Crippen LogP contribution in [0, 0.1) is 0 Å². The number of nitrogens with zero attached hydrogens (tertiary/aromatic N) is 2. The Bertz CT molecular complexity index is 348. The van der Waals surface area contributed by atoms with E-state index in [9.17, 15) is 5.11 Å². The molecule has 4 heteroatoms. The van der Waals surface area contributed by atoms with E-state index < -0.39 is 5.60 Å². The molecule has 0 aliphatic carbocycles. The van der Waals surface area contributed by atoms with Crippen molar-refractivity contribution in [3.05, 3.63) is 23.9 Å². The Morgan fingerprint density at radius 2 is 2.38 bits per heavy atom. The second-order valence-electron chi connectivity index (χ2n) is 4.72. The van der Waals surface area contributed by atoms with E-state index in [0.717, 1.165) is 25.3 Å². The lowest BCUT2D eigenvalue weighted by Crippen LogP contribution is -2.29. The SMILES string of the molecule is CNCc1ccc(N2CCC(C)(O)C2)nc1. The van der Waals surface area contributed by atoms with Crippen LogP contribution in [0.5, 0.6) is 0 Å². The fourth-order valence-electron chi connectivity index (χ4n) is 2.05. The maximum Gasteiger partial charge on any atom is 0.128 e. The summed E-state index contributed by atoms with van der Waals surface area (Å²) in [6.45, 7) is 4.27. The summed E-state index contributed by atoms with van der Waals surface area (Å²) in [5.41, 5.74) is 0.614. The molecule has 2 heterocycles. The van der Waals surface area contributed by atoms with Gasteiger partial charge in [0.15, 0.2) is 0 Å². The maximum atomic E-state index is 9.89. The molecule has 1 unspecified atom stereocenters. The highest BCUT2D eigenvalue weighted by atomic mass is 16.3. The number of β-amino-alcohol motifs (C(OH)–C–C–N with tert-alkyl or cyclic N) is 1. The normalized spacial score (nSPS) is 25.1. The monoisotopic (exact) mass is 221 g/mol. The summed E-state index contributed by atoms with van der Waals surface area (Å²) >= 11 is 0. The summed E-state index contributed by atoms with van der Waals surface area (Å²) in [4.78, 5) is 6.55. The molecule has 1 aromatic rings. The zero-order valence-electron chi connectivity index (χ0n) is 9.90. The van der Waals surface area contributed by atoms with Crippen LogP contribution in [-0.4, -0.2) is 35.8 Å². The van der Waals surface area contributed by atoms with Crippen molar-refractivity contribution in [3.8, 4) is 0 Å². The number of anilines is 1. The van der Waals surface area contributed by atoms with Crippen LogP contribution in [0.15, 0.2) is 18.3 Å². The average Bonchev–Trinajstić information content (AvgIpc) is 2.61. The Kier molecular flexibility index (Phi) is 3.12. The molecule has 1 aromatic heterocycles. The van der Waals surface area contributed by atoms with Crippen LogP contribution in [-0.2, 0) is 6.54 Å². The van der Waals surface area contributed by atoms with Gasteiger partial charge in [-0.05, 0) is 32.0 Å². The summed E-state index contributed by atoms with van der Waals surface area (Å²) in [7, 11) is 1.92. The molecule has 0 amide bonds. The number of rotatable bonds is 3. The van der Waals surface area contributed by atoms with Crippen molar-refractivity contribution in [2.24, 2.45) is 0 Å². The van der Waals surface area contributed by atoms with Crippen LogP contribution in [0.4, 0.5) is 5.82 Å². The zero-order valence-corrected chi connectivity index (χ0v) is 9.90. The summed E-state index contributed by atoms with van der Waals surface area (Å²) in [6, 6.07) is 4.10. The molecule has 1 saturated heterocycles. The van der Waals surface area contributed by atoms with Gasteiger partial charge >= 0.3 is 0 Å². The third-order valence-corrected chi connectivity index (χ3v) is 2.97. The van der Waals surface area contributed by atoms with Gasteiger partial charge in [0, 0.05) is 25.8 Å². The van der Waals surface area contributed by atoms with E-state index in [4.69, 9.17) is 0 Å². The quantitative estimate of drug-likeness (QED) is 0.791. The lowest BCUT2D eigenvalue weighted by molar-refractivity contribution is 0.0839. The van der Waals surface area contributed by atoms with Gasteiger partial charge in [-0.25, -0.2) is 4.98 Å². The molecule has 16 heavy (non-hydrogen) atoms. The summed E-state index contributed by atoms with van der Waals surface area (Å²) in [5, 5.41) is 13.0. The number of hydrogen-bond donors (Lipinski definition) is 2. The Morgan fingerprint density at radius 3 is 2.88 bits per heavy atom. The maximum absolute atomic E-state index is 9.89. The van der Waals surface area contributed by atoms with E-state index in [-0.39, 0.29) is 0 Å². The van der Waals surface area contributed by atoms with Gasteiger partial charge in [-0.2, -0.15) is 0 Å². The van der Waals surface area contributed by atoms with E-state index >= 15 is 0 Å². The smallest absolute Gasteiger partial charge is 0.128 e. The molecule has 0 aromatic carbocycles. The number of pyridine rings is 1. The van der Waals surface area contributed by atoms with E-state index in [1.165, 1.54) is 5.56 Å². The van der Waals surface area contributed by atoms with Crippen LogP contribution in [0.3, 0.4) is 0 Å². The first-order valence-electron chi connectivity index (χ1n) is 5.68. The standard InChI is InChI=1S/C12H19N3O/c1-12(16)5-6-15(9-12)11-4-3-10(7-13-2)8-14-11/h3-4,8,13,16H,5-7,9H2,1-2H3. The van der Waals surface area contributed by atoms with Crippen molar-refractivity contribution in [1.82, 2.24) is 10.3 Å². The van der Waals surface area contributed by atoms with Crippen molar-refractivity contribution in [2.45, 2.75) is 25.5 Å². The van der Waals surface area contributed by atoms with Gasteiger partial charge in [0.05, 0.1) is 5.60 Å². The molecule has 1 aliphatic rings. The van der Waals surface area contributed by atoms with Crippen molar-refractivity contribution >= 4 is 5.82 Å². The number of nitrogens with one attached hydrogen (secondary N) is 1. The number of aromatic nitrogens is 1. The third-order valence-electron chi connectivity index (χ3n) is 2.97. The predicted octanol–water partition coefficient (Wildman–Crippen LogP) is 0.762. The Morgan fingerprint density at radius 1 is 1.56 bits per heavy atom. The number of hydrogen-bond acceptors (Lipinski definition) is 4. The fraction of sp³-hybridized carbons (Fsp3) is 0.583. The van der Waals surface area contributed by atoms with Crippen molar-refractivity contribution in [2.75, 3.05) is 25.0 Å². The van der Waals surface area contributed by atoms with Crippen LogP contribution >= 0.6 is 0 Å². The first-order chi connectivity index (χ1) is 7.61. The summed E-state index contributed by atoms with van der Waals surface area (Å²) in [5.74, 6) is 0.956. The lowest BCUT2D eigenvalue weighted by atomic mass is 10.1. The van der Waals surface area contributed by atoms with Gasteiger partial charge in [0.25, 0.3) is 0 Å². The molecule has 2 N–H and O–H groups in total. The van der Waals surface area contributed by atoms with E-state index in [1.54, 1.807) is 0 Å². The van der Waals surface area contributed by atoms with Gasteiger partial charge < -0.3 is 15.3 Å². The van der Waals surface area contributed by atoms with Crippen LogP contribution in [0.1, 0.15) is 18.9 Å². The first-order valence-corrected chi connectivity index (χ1v) is 5.68. The molecule has 1 fully saturated rings. The molecule has 1 atom stereocenters. The van der Waals surface area contributed by atoms with E-state index in [1.807, 2.05) is 26.2 Å². The molecule has 0 bridgehead atoms. The molecule has 0 saturated carbocycles. The van der Waals surface area contributed by atoms with Crippen LogP contribution in [0.2, 0.25) is 0 Å². The average molecular weight is 221 g/mol. The topological polar surface area (TPSA) is 48.4 Å². The van der Waals surface area contributed by atoms with Crippen LogP contribution in [0.25, 0.3) is 0 Å². The molecule has 4 nitrogen and oxygen atoms in total. The molecule has 2 rings (SSSR count). The molecule has 1 aliphatic heterocycles. The van der Waals surface area contributed by atoms with Crippen molar-refractivity contribution < 1.29 is 5.11 Å². The second-order valence-corrected chi connectivity index (χ2v) is 4.72. The minimum atomic E-state index is -0.564. The second kappa shape index (κ2) is 4.39. The fourth-order valence-corrected chi connectivity index (χ4v) is 2.05. The Hall–Kier alpha value is -1.13. The van der Waals surface area contributed by atoms with Crippen molar-refractivity contribution in [1.29, 1.82) is 0 Å². The van der Waals surface area contributed by atoms with E-state index in [2.05, 4.69) is 21.3 Å². The van der Waals surface area contributed by atoms with Gasteiger partial charge in [-0.3, -0.25) is 0 Å². The molecule has 0 spiro atoms.